The lowest BCUT2D eigenvalue weighted by Crippen LogP contribution is -2.19. The number of halogens is 1. The van der Waals surface area contributed by atoms with Crippen LogP contribution in [-0.2, 0) is 17.7 Å². The first-order chi connectivity index (χ1) is 14.7. The highest BCUT2D eigenvalue weighted by atomic mass is 35.5. The minimum absolute atomic E-state index is 0.613. The molecular weight excluding hydrogens is 394 g/mol. The van der Waals surface area contributed by atoms with Crippen LogP contribution in [0.4, 0.5) is 5.69 Å². The summed E-state index contributed by atoms with van der Waals surface area (Å²) in [5.41, 5.74) is 6.90. The molecule has 0 radical (unpaired) electrons. The molecule has 1 heterocycles. The molecular formula is C26H30ClNO2. The average Bonchev–Trinajstić information content (AvgIpc) is 3.20. The van der Waals surface area contributed by atoms with Crippen LogP contribution < -0.4 is 4.90 Å². The third kappa shape index (κ3) is 5.71. The molecule has 4 rings (SSSR count). The number of ether oxygens (including phenoxy) is 1. The largest absolute Gasteiger partial charge is 0.388 e. The van der Waals surface area contributed by atoms with E-state index in [4.69, 9.17) is 11.6 Å². The van der Waals surface area contributed by atoms with Crippen LogP contribution in [0, 0.1) is 0 Å². The summed E-state index contributed by atoms with van der Waals surface area (Å²) in [5, 5.41) is 0.650. The van der Waals surface area contributed by atoms with E-state index < -0.39 is 0 Å². The molecule has 0 amide bonds. The standard InChI is InChI=1S/C22H18ClNO.C2H6O.C2H6/c23-21-13-16(15-25)9-10-18(21)14-24-12-11-20-19(7-4-8-22(20)24)17-5-2-1-3-6-17;1-3-2;1-2/h1-10,13,15H,11-12,14H2;1-2H3;1-2H3. The molecule has 0 unspecified atom stereocenters. The molecule has 0 fully saturated rings. The van der Waals surface area contributed by atoms with Gasteiger partial charge < -0.3 is 9.64 Å². The molecule has 0 bridgehead atoms. The number of hydrogen-bond donors (Lipinski definition) is 0. The summed E-state index contributed by atoms with van der Waals surface area (Å²) in [6, 6.07) is 22.5. The minimum atomic E-state index is 0.613. The number of carbonyl (C=O) groups is 1. The third-order valence-corrected chi connectivity index (χ3v) is 5.13. The van der Waals surface area contributed by atoms with E-state index in [2.05, 4.69) is 52.1 Å². The lowest BCUT2D eigenvalue weighted by atomic mass is 9.98. The van der Waals surface area contributed by atoms with Crippen LogP contribution >= 0.6 is 11.6 Å². The van der Waals surface area contributed by atoms with Gasteiger partial charge in [0.2, 0.25) is 0 Å². The van der Waals surface area contributed by atoms with Crippen LogP contribution in [0.25, 0.3) is 11.1 Å². The first-order valence-corrected chi connectivity index (χ1v) is 10.6. The van der Waals surface area contributed by atoms with Gasteiger partial charge in [-0.3, -0.25) is 4.79 Å². The van der Waals surface area contributed by atoms with Crippen molar-refractivity contribution in [3.63, 3.8) is 0 Å². The zero-order chi connectivity index (χ0) is 21.9. The van der Waals surface area contributed by atoms with Gasteiger partial charge in [-0.1, -0.05) is 80.0 Å². The van der Waals surface area contributed by atoms with Crippen molar-refractivity contribution >= 4 is 23.6 Å². The van der Waals surface area contributed by atoms with Crippen molar-refractivity contribution in [3.8, 4) is 11.1 Å². The lowest BCUT2D eigenvalue weighted by molar-refractivity contribution is 0.112. The van der Waals surface area contributed by atoms with Crippen LogP contribution in [0.1, 0.15) is 35.3 Å². The maximum absolute atomic E-state index is 10.9. The second kappa shape index (κ2) is 12.2. The fraction of sp³-hybridized carbons (Fsp3) is 0.269. The molecule has 3 nitrogen and oxygen atoms in total. The Morgan fingerprint density at radius 2 is 1.70 bits per heavy atom. The number of anilines is 1. The number of rotatable bonds is 4. The maximum Gasteiger partial charge on any atom is 0.150 e. The van der Waals surface area contributed by atoms with Crippen LogP contribution in [-0.4, -0.2) is 27.1 Å². The Morgan fingerprint density at radius 3 is 2.33 bits per heavy atom. The fourth-order valence-electron chi connectivity index (χ4n) is 3.52. The van der Waals surface area contributed by atoms with Gasteiger partial charge in [0.1, 0.15) is 6.29 Å². The van der Waals surface area contributed by atoms with Crippen molar-refractivity contribution < 1.29 is 9.53 Å². The molecule has 4 heteroatoms. The number of hydrogen-bond acceptors (Lipinski definition) is 3. The van der Waals surface area contributed by atoms with Crippen molar-refractivity contribution in [2.75, 3.05) is 25.7 Å². The number of benzene rings is 3. The van der Waals surface area contributed by atoms with Gasteiger partial charge in [-0.15, -0.1) is 0 Å². The molecule has 0 aromatic heterocycles. The van der Waals surface area contributed by atoms with Crippen molar-refractivity contribution in [1.82, 2.24) is 0 Å². The van der Waals surface area contributed by atoms with Gasteiger partial charge in [-0.2, -0.15) is 0 Å². The van der Waals surface area contributed by atoms with E-state index in [1.807, 2.05) is 32.0 Å². The molecule has 0 aliphatic carbocycles. The summed E-state index contributed by atoms with van der Waals surface area (Å²) in [6.07, 6.45) is 1.86. The summed E-state index contributed by atoms with van der Waals surface area (Å²) in [4.78, 5) is 13.2. The Kier molecular flexibility index (Phi) is 9.59. The Morgan fingerprint density at radius 1 is 1.00 bits per heavy atom. The van der Waals surface area contributed by atoms with Gasteiger partial charge in [0, 0.05) is 43.6 Å². The van der Waals surface area contributed by atoms with Crippen LogP contribution in [0.3, 0.4) is 0 Å². The summed E-state index contributed by atoms with van der Waals surface area (Å²) < 4.78 is 4.25. The Balaban J connectivity index is 0.000000590. The van der Waals surface area contributed by atoms with Gasteiger partial charge >= 0.3 is 0 Å². The van der Waals surface area contributed by atoms with Gasteiger partial charge in [0.25, 0.3) is 0 Å². The van der Waals surface area contributed by atoms with Crippen molar-refractivity contribution in [1.29, 1.82) is 0 Å². The Labute approximate surface area is 185 Å². The van der Waals surface area contributed by atoms with Crippen LogP contribution in [0.15, 0.2) is 66.7 Å². The van der Waals surface area contributed by atoms with E-state index in [1.165, 1.54) is 22.4 Å². The molecule has 3 aromatic carbocycles. The molecule has 0 N–H and O–H groups in total. The Bertz CT molecular complexity index is 941. The maximum atomic E-state index is 10.9. The summed E-state index contributed by atoms with van der Waals surface area (Å²) >= 11 is 6.36. The van der Waals surface area contributed by atoms with Gasteiger partial charge in [0.15, 0.2) is 0 Å². The molecule has 0 saturated heterocycles. The average molecular weight is 424 g/mol. The van der Waals surface area contributed by atoms with Crippen molar-refractivity contribution in [3.05, 3.63) is 88.4 Å². The summed E-state index contributed by atoms with van der Waals surface area (Å²) in [5.74, 6) is 0. The number of methoxy groups -OCH3 is 1. The molecule has 158 valence electrons. The first kappa shape index (κ1) is 23.7. The molecule has 0 spiro atoms. The third-order valence-electron chi connectivity index (χ3n) is 4.78. The van der Waals surface area contributed by atoms with Gasteiger partial charge in [-0.25, -0.2) is 0 Å². The monoisotopic (exact) mass is 423 g/mol. The SMILES string of the molecule is CC.COC.O=Cc1ccc(CN2CCc3c(-c4ccccc4)cccc32)c(Cl)c1. The van der Waals surface area contributed by atoms with Crippen molar-refractivity contribution in [2.24, 2.45) is 0 Å². The first-order valence-electron chi connectivity index (χ1n) is 10.2. The van der Waals surface area contributed by atoms with E-state index >= 15 is 0 Å². The number of carbonyl (C=O) groups excluding carboxylic acids is 1. The highest BCUT2D eigenvalue weighted by molar-refractivity contribution is 6.31. The molecule has 3 aromatic rings. The van der Waals surface area contributed by atoms with E-state index in [9.17, 15) is 4.79 Å². The number of nitrogens with zero attached hydrogens (tertiary/aromatic N) is 1. The molecule has 0 atom stereocenters. The van der Waals surface area contributed by atoms with E-state index in [-0.39, 0.29) is 0 Å². The molecule has 1 aliphatic rings. The van der Waals surface area contributed by atoms with E-state index in [0.29, 0.717) is 10.6 Å². The summed E-state index contributed by atoms with van der Waals surface area (Å²) in [7, 11) is 3.25. The van der Waals surface area contributed by atoms with Crippen LogP contribution in [0.5, 0.6) is 0 Å². The van der Waals surface area contributed by atoms with E-state index in [1.54, 1.807) is 20.3 Å². The highest BCUT2D eigenvalue weighted by Crippen LogP contribution is 2.37. The quantitative estimate of drug-likeness (QED) is 0.439. The minimum Gasteiger partial charge on any atom is -0.388 e. The number of aldehydes is 1. The lowest BCUT2D eigenvalue weighted by Gasteiger charge is -2.21. The highest BCUT2D eigenvalue weighted by Gasteiger charge is 2.22. The van der Waals surface area contributed by atoms with Crippen molar-refractivity contribution in [2.45, 2.75) is 26.8 Å². The normalized spacial score (nSPS) is 11.6. The van der Waals surface area contributed by atoms with Gasteiger partial charge in [0.05, 0.1) is 0 Å². The predicted molar refractivity (Wildman–Crippen MR) is 128 cm³/mol. The van der Waals surface area contributed by atoms with Gasteiger partial charge in [-0.05, 0) is 40.8 Å². The Hall–Kier alpha value is -2.62. The number of fused-ring (bicyclic) bond motifs is 1. The molecule has 1 aliphatic heterocycles. The second-order valence-corrected chi connectivity index (χ2v) is 7.12. The zero-order valence-corrected chi connectivity index (χ0v) is 18.9. The summed E-state index contributed by atoms with van der Waals surface area (Å²) in [6.45, 7) is 5.73. The molecule has 0 saturated carbocycles. The zero-order valence-electron chi connectivity index (χ0n) is 18.2. The topological polar surface area (TPSA) is 29.5 Å². The fourth-order valence-corrected chi connectivity index (χ4v) is 3.77. The van der Waals surface area contributed by atoms with Crippen LogP contribution in [0.2, 0.25) is 5.02 Å². The van der Waals surface area contributed by atoms with E-state index in [0.717, 1.165) is 31.4 Å². The molecule has 30 heavy (non-hydrogen) atoms. The second-order valence-electron chi connectivity index (χ2n) is 6.72. The predicted octanol–water partition coefficient (Wildman–Crippen LogP) is 6.67. The smallest absolute Gasteiger partial charge is 0.150 e.